The zero-order valence-electron chi connectivity index (χ0n) is 53.9. The number of primary amides is 5. The summed E-state index contributed by atoms with van der Waals surface area (Å²) in [5, 5.41) is 63.4. The summed E-state index contributed by atoms with van der Waals surface area (Å²) in [6.45, 7) is 0.428. The van der Waals surface area contributed by atoms with Crippen molar-refractivity contribution in [2.75, 3.05) is 26.2 Å². The first-order chi connectivity index (χ1) is 46.0. The highest BCUT2D eigenvalue weighted by Crippen LogP contribution is 2.12. The number of nitrogens with one attached hydrogen (secondary N) is 13. The van der Waals surface area contributed by atoms with Gasteiger partial charge < -0.3 is 119 Å². The van der Waals surface area contributed by atoms with Crippen molar-refractivity contribution in [1.82, 2.24) is 63.8 Å². The van der Waals surface area contributed by atoms with Gasteiger partial charge in [0.15, 0.2) is 5.96 Å². The van der Waals surface area contributed by atoms with Gasteiger partial charge >= 0.3 is 11.9 Å². The summed E-state index contributed by atoms with van der Waals surface area (Å²) in [6.07, 6.45) is -6.79. The second-order valence-electron chi connectivity index (χ2n) is 22.3. The van der Waals surface area contributed by atoms with Crippen molar-refractivity contribution >= 4 is 112 Å². The summed E-state index contributed by atoms with van der Waals surface area (Å²) in [6, 6.07) is -9.17. The number of guanidine groups is 1. The van der Waals surface area contributed by atoms with E-state index in [1.807, 2.05) is 5.32 Å². The zero-order valence-corrected chi connectivity index (χ0v) is 53.9. The molecule has 0 aliphatic carbocycles. The Bertz CT molecular complexity index is 3030. The van der Waals surface area contributed by atoms with Crippen molar-refractivity contribution < 1.29 is 102 Å². The molecule has 0 saturated carbocycles. The van der Waals surface area contributed by atoms with Crippen LogP contribution in [0.15, 0.2) is 30.3 Å². The Balaban J connectivity index is 3.56. The van der Waals surface area contributed by atoms with Gasteiger partial charge in [-0.1, -0.05) is 50.6 Å². The largest absolute Gasteiger partial charge is 0.481 e. The molecule has 1 aromatic carbocycles. The molecule has 0 aliphatic heterocycles. The smallest absolute Gasteiger partial charge is 0.326 e. The summed E-state index contributed by atoms with van der Waals surface area (Å²) in [4.78, 5) is 233. The Morgan fingerprint density at radius 3 is 1.09 bits per heavy atom. The van der Waals surface area contributed by atoms with Crippen LogP contribution in [0.2, 0.25) is 0 Å². The van der Waals surface area contributed by atoms with Gasteiger partial charge in [-0.25, -0.2) is 4.79 Å². The molecule has 1 aromatic rings. The molecular formula is C57H90N20O21. The Morgan fingerprint density at radius 1 is 0.429 bits per heavy atom. The molecule has 0 aliphatic rings. The highest BCUT2D eigenvalue weighted by molar-refractivity contribution is 5.99. The summed E-state index contributed by atoms with van der Waals surface area (Å²) < 4.78 is 0. The molecule has 41 heteroatoms. The Hall–Kier alpha value is -11.1. The van der Waals surface area contributed by atoms with Crippen LogP contribution in [-0.4, -0.2) is 214 Å². The number of nitrogens with two attached hydrogens (primary N) is 7. The normalized spacial score (nSPS) is 14.1. The van der Waals surface area contributed by atoms with E-state index in [0.717, 1.165) is 0 Å². The van der Waals surface area contributed by atoms with Crippen LogP contribution in [0.4, 0.5) is 0 Å². The predicted octanol–water partition coefficient (Wildman–Crippen LogP) is -10.7. The number of amides is 16. The number of aliphatic hydroxyl groups is 1. The first-order valence-corrected chi connectivity index (χ1v) is 30.6. The Kier molecular flexibility index (Phi) is 38.6. The molecule has 0 spiro atoms. The number of aliphatic carboxylic acids is 2. The van der Waals surface area contributed by atoms with E-state index < -0.39 is 263 Å². The highest BCUT2D eigenvalue weighted by atomic mass is 16.4. The van der Waals surface area contributed by atoms with Crippen LogP contribution in [0.3, 0.4) is 0 Å². The van der Waals surface area contributed by atoms with Crippen molar-refractivity contribution in [1.29, 1.82) is 5.41 Å². The highest BCUT2D eigenvalue weighted by Gasteiger charge is 2.36. The maximum atomic E-state index is 14.2. The monoisotopic (exact) mass is 1390 g/mol. The molecular weight excluding hydrogens is 1300 g/mol. The van der Waals surface area contributed by atoms with Gasteiger partial charge in [0.05, 0.1) is 32.2 Å². The van der Waals surface area contributed by atoms with Crippen molar-refractivity contribution in [3.63, 3.8) is 0 Å². The van der Waals surface area contributed by atoms with Gasteiger partial charge in [0, 0.05) is 45.1 Å². The number of carboxylic acids is 2. The lowest BCUT2D eigenvalue weighted by atomic mass is 9.98. The van der Waals surface area contributed by atoms with Crippen LogP contribution in [0, 0.1) is 11.3 Å². The lowest BCUT2D eigenvalue weighted by Gasteiger charge is -2.28. The van der Waals surface area contributed by atoms with E-state index in [1.54, 1.807) is 44.2 Å². The molecule has 16 amide bonds. The van der Waals surface area contributed by atoms with Crippen molar-refractivity contribution in [2.45, 2.75) is 171 Å². The molecule has 11 atom stereocenters. The van der Waals surface area contributed by atoms with Gasteiger partial charge in [-0.05, 0) is 56.4 Å². The van der Waals surface area contributed by atoms with E-state index in [4.69, 9.17) is 50.7 Å². The van der Waals surface area contributed by atoms with E-state index in [0.29, 0.717) is 12.0 Å². The molecule has 41 nitrogen and oxygen atoms in total. The van der Waals surface area contributed by atoms with Crippen LogP contribution in [0.25, 0.3) is 0 Å². The zero-order chi connectivity index (χ0) is 74.4. The molecule has 0 fully saturated rings. The van der Waals surface area contributed by atoms with E-state index in [-0.39, 0.29) is 31.7 Å². The number of rotatable bonds is 49. The lowest BCUT2D eigenvalue weighted by molar-refractivity contribution is -0.147. The molecule has 0 unspecified atom stereocenters. The number of benzene rings is 1. The maximum absolute atomic E-state index is 14.2. The Labute approximate surface area is 560 Å². The molecule has 0 heterocycles. The number of carbonyl (C=O) groups excluding carboxylic acids is 16. The lowest BCUT2D eigenvalue weighted by Crippen LogP contribution is -2.61. The fraction of sp³-hybridized carbons (Fsp3) is 0.561. The van der Waals surface area contributed by atoms with E-state index in [2.05, 4.69) is 58.5 Å². The third-order valence-electron chi connectivity index (χ3n) is 14.3. The average molecular weight is 1390 g/mol. The first-order valence-electron chi connectivity index (χ1n) is 30.6. The number of hydrogen-bond acceptors (Lipinski definition) is 21. The van der Waals surface area contributed by atoms with E-state index >= 15 is 0 Å². The summed E-state index contributed by atoms with van der Waals surface area (Å²) in [7, 11) is 0. The molecule has 1 rings (SSSR count). The van der Waals surface area contributed by atoms with Crippen LogP contribution in [0.5, 0.6) is 0 Å². The number of hydrogen-bond donors (Lipinski definition) is 23. The van der Waals surface area contributed by atoms with E-state index in [1.165, 1.54) is 0 Å². The SMILES string of the molecule is CC[C@H](C)[C@H](N)C(=O)N[C@@H](CCC(N)=O)C(=O)N[C@@H](CCC(N)=O)C(=O)N[C@@H](CCC(N)=O)C(=O)N[C@@H](CCC(N)=O)C(=O)N[C@@H](CCC(N)=O)C(=O)N[C@@H](CO)C(=O)N[C@@H](Cc1ccccc1)C(=O)NCC(=O)N[C@@H](CCCNC(=N)N)C(=O)NCC(=O)N[C@@H](CC(=O)O)C(=O)O. The molecule has 0 aromatic heterocycles. The predicted molar refractivity (Wildman–Crippen MR) is 339 cm³/mol. The van der Waals surface area contributed by atoms with Crippen LogP contribution in [0.1, 0.15) is 109 Å². The van der Waals surface area contributed by atoms with Crippen LogP contribution >= 0.6 is 0 Å². The van der Waals surface area contributed by atoms with Gasteiger partial charge in [-0.15, -0.1) is 0 Å². The number of carbonyl (C=O) groups is 18. The second-order valence-corrected chi connectivity index (χ2v) is 22.3. The minimum absolute atomic E-state index is 0.00969. The van der Waals surface area contributed by atoms with Gasteiger partial charge in [-0.2, -0.15) is 0 Å². The summed E-state index contributed by atoms with van der Waals surface area (Å²) >= 11 is 0. The molecule has 98 heavy (non-hydrogen) atoms. The summed E-state index contributed by atoms with van der Waals surface area (Å²) in [5.41, 5.74) is 38.5. The third-order valence-corrected chi connectivity index (χ3v) is 14.3. The third kappa shape index (κ3) is 34.9. The minimum Gasteiger partial charge on any atom is -0.481 e. The van der Waals surface area contributed by atoms with Crippen molar-refractivity contribution in [3.05, 3.63) is 35.9 Å². The standard InChI is InChI=1S/C57H90N20O21/c1-3-27(2)46(63)55(96)75-34(15-20-42(62)83)52(93)73-32(13-18-40(60)81)50(91)71-30(11-16-38(58)79)49(90)72-31(12-17-39(59)80)51(92)74-33(14-19-41(61)82)53(94)77-37(26-78)54(95)76-35(22-28-8-5-4-6-9-28)48(89)68-24-43(84)69-29(10-7-21-66-57(64)65)47(88)67-25-44(85)70-36(56(97)98)23-45(86)87/h4-6,8-9,27,29-37,46,78H,3,7,10-26,63H2,1-2H3,(H2,58,79)(H2,59,80)(H2,60,81)(H2,61,82)(H2,62,83)(H,67,88)(H,68,89)(H,69,84)(H,70,85)(H,71,91)(H,72,90)(H,73,93)(H,74,92)(H,75,96)(H,76,95)(H,77,94)(H,86,87)(H,97,98)(H4,64,65,66)/t27-,29-,30-,31-,32-,33-,34-,35-,36-,37-,46-/m0/s1. The van der Waals surface area contributed by atoms with E-state index in [9.17, 15) is 96.5 Å². The Morgan fingerprint density at radius 2 is 0.755 bits per heavy atom. The minimum atomic E-state index is -1.99. The van der Waals surface area contributed by atoms with Gasteiger partial charge in [0.25, 0.3) is 0 Å². The molecule has 0 saturated heterocycles. The van der Waals surface area contributed by atoms with Crippen molar-refractivity contribution in [2.24, 2.45) is 46.1 Å². The number of aliphatic hydroxyl groups excluding tert-OH is 1. The summed E-state index contributed by atoms with van der Waals surface area (Å²) in [5.74, 6) is -21.4. The fourth-order valence-corrected chi connectivity index (χ4v) is 8.69. The average Bonchev–Trinajstić information content (AvgIpc) is 0.874. The first kappa shape index (κ1) is 84.9. The molecule has 544 valence electrons. The fourth-order valence-electron chi connectivity index (χ4n) is 8.69. The van der Waals surface area contributed by atoms with Crippen LogP contribution in [-0.2, 0) is 92.7 Å². The van der Waals surface area contributed by atoms with Gasteiger partial charge in [-0.3, -0.25) is 86.9 Å². The van der Waals surface area contributed by atoms with Crippen LogP contribution < -0.4 is 104 Å². The molecule has 0 bridgehead atoms. The van der Waals surface area contributed by atoms with Crippen molar-refractivity contribution in [3.8, 4) is 0 Å². The topological polar surface area (TPSA) is 718 Å². The second kappa shape index (κ2) is 44.5. The van der Waals surface area contributed by atoms with Gasteiger partial charge in [0.2, 0.25) is 94.5 Å². The van der Waals surface area contributed by atoms with Gasteiger partial charge in [0.1, 0.15) is 54.4 Å². The molecule has 30 N–H and O–H groups in total. The molecule has 0 radical (unpaired) electrons. The maximum Gasteiger partial charge on any atom is 0.326 e. The number of carboxylic acid groups (broad SMARTS) is 2. The quantitative estimate of drug-likeness (QED) is 0.0164.